The molecule has 9 heteroatoms. The smallest absolute Gasteiger partial charge is 0.399 e. The second-order valence-electron chi connectivity index (χ2n) is 7.39. The van der Waals surface area contributed by atoms with Crippen molar-refractivity contribution in [3.63, 3.8) is 0 Å². The summed E-state index contributed by atoms with van der Waals surface area (Å²) < 4.78 is 12.0. The third kappa shape index (κ3) is 3.97. The number of alkyl halides is 1. The van der Waals surface area contributed by atoms with E-state index in [-0.39, 0.29) is 23.0 Å². The Morgan fingerprint density at radius 1 is 1.32 bits per heavy atom. The number of rotatable bonds is 4. The molecule has 3 rings (SSSR count). The zero-order valence-electron chi connectivity index (χ0n) is 15.0. The fourth-order valence-electron chi connectivity index (χ4n) is 2.77. The number of amides is 1. The highest BCUT2D eigenvalue weighted by atomic mass is 35.5. The van der Waals surface area contributed by atoms with Crippen LogP contribution < -0.4 is 5.46 Å². The molecule has 136 valence electrons. The van der Waals surface area contributed by atoms with Crippen molar-refractivity contribution in [2.24, 2.45) is 0 Å². The lowest BCUT2D eigenvalue weighted by molar-refractivity contribution is -0.127. The zero-order chi connectivity index (χ0) is 18.2. The predicted octanol–water partition coefficient (Wildman–Crippen LogP) is 1.71. The number of carbonyl (C=O) groups is 1. The molecule has 0 N–H and O–H groups in total. The van der Waals surface area contributed by atoms with Crippen LogP contribution in [0.5, 0.6) is 0 Å². The summed E-state index contributed by atoms with van der Waals surface area (Å²) in [5.41, 5.74) is 0.0501. The number of thioether (sulfide) groups is 1. The first kappa shape index (κ1) is 19.0. The molecular weight excluding hydrogens is 361 g/mol. The molecule has 0 radical (unpaired) electrons. The lowest BCUT2D eigenvalue weighted by atomic mass is 9.81. The molecule has 25 heavy (non-hydrogen) atoms. The Bertz CT molecular complexity index is 628. The third-order valence-electron chi connectivity index (χ3n) is 5.06. The first-order chi connectivity index (χ1) is 11.7. The minimum atomic E-state index is -0.452. The van der Waals surface area contributed by atoms with Gasteiger partial charge in [-0.1, -0.05) is 11.8 Å². The van der Waals surface area contributed by atoms with Crippen molar-refractivity contribution < 1.29 is 14.1 Å². The zero-order valence-corrected chi connectivity index (χ0v) is 16.6. The summed E-state index contributed by atoms with van der Waals surface area (Å²) >= 11 is 7.21. The van der Waals surface area contributed by atoms with Crippen LogP contribution in [0.4, 0.5) is 0 Å². The average Bonchev–Trinajstić information content (AvgIpc) is 3.10. The molecule has 1 aromatic heterocycles. The number of carbonyl (C=O) groups excluding carboxylic acids is 1. The van der Waals surface area contributed by atoms with Crippen molar-refractivity contribution in [1.82, 2.24) is 14.9 Å². The molecule has 0 saturated carbocycles. The van der Waals surface area contributed by atoms with E-state index < -0.39 is 7.12 Å². The first-order valence-corrected chi connectivity index (χ1v) is 9.81. The van der Waals surface area contributed by atoms with Gasteiger partial charge in [0.2, 0.25) is 5.91 Å². The average molecular weight is 384 g/mol. The maximum atomic E-state index is 11.6. The monoisotopic (exact) mass is 383 g/mol. The summed E-state index contributed by atoms with van der Waals surface area (Å²) in [5, 5.41) is 1.00. The van der Waals surface area contributed by atoms with Crippen LogP contribution in [0.2, 0.25) is 0 Å². The van der Waals surface area contributed by atoms with E-state index in [9.17, 15) is 4.79 Å². The van der Waals surface area contributed by atoms with E-state index in [4.69, 9.17) is 20.9 Å². The van der Waals surface area contributed by atoms with Gasteiger partial charge in [0.25, 0.3) is 0 Å². The molecule has 0 aromatic carbocycles. The van der Waals surface area contributed by atoms with E-state index in [0.29, 0.717) is 17.0 Å². The lowest BCUT2D eigenvalue weighted by Gasteiger charge is -2.32. The van der Waals surface area contributed by atoms with Crippen molar-refractivity contribution in [3.05, 3.63) is 12.4 Å². The molecule has 2 fully saturated rings. The van der Waals surface area contributed by atoms with E-state index in [1.54, 1.807) is 29.1 Å². The van der Waals surface area contributed by atoms with Crippen LogP contribution in [0.3, 0.4) is 0 Å². The number of hydrogen-bond acceptors (Lipinski definition) is 6. The number of hydrogen-bond donors (Lipinski definition) is 0. The van der Waals surface area contributed by atoms with Gasteiger partial charge < -0.3 is 14.2 Å². The fraction of sp³-hybridized carbons (Fsp3) is 0.688. The number of nitrogens with zero attached hydrogens (tertiary/aromatic N) is 3. The quantitative estimate of drug-likeness (QED) is 0.448. The molecular formula is C16H23BClN3O3S. The van der Waals surface area contributed by atoms with Gasteiger partial charge in [0.1, 0.15) is 5.88 Å². The highest BCUT2D eigenvalue weighted by Gasteiger charge is 2.51. The molecule has 1 aromatic rings. The van der Waals surface area contributed by atoms with E-state index in [0.717, 1.165) is 18.4 Å². The molecule has 0 spiro atoms. The first-order valence-electron chi connectivity index (χ1n) is 8.40. The predicted molar refractivity (Wildman–Crippen MR) is 99.3 cm³/mol. The fourth-order valence-corrected chi connectivity index (χ4v) is 3.94. The van der Waals surface area contributed by atoms with Crippen LogP contribution in [0.25, 0.3) is 0 Å². The molecule has 6 nitrogen and oxygen atoms in total. The Morgan fingerprint density at radius 2 is 1.92 bits per heavy atom. The lowest BCUT2D eigenvalue weighted by Crippen LogP contribution is -2.41. The summed E-state index contributed by atoms with van der Waals surface area (Å²) in [4.78, 5) is 22.3. The Labute approximate surface area is 158 Å². The summed E-state index contributed by atoms with van der Waals surface area (Å²) in [6.07, 6.45) is 4.44. The van der Waals surface area contributed by atoms with E-state index in [1.165, 1.54) is 0 Å². The Morgan fingerprint density at radius 3 is 2.48 bits per heavy atom. The van der Waals surface area contributed by atoms with Gasteiger partial charge in [-0.25, -0.2) is 9.97 Å². The van der Waals surface area contributed by atoms with Gasteiger partial charge in [0.05, 0.1) is 11.2 Å². The van der Waals surface area contributed by atoms with Crippen molar-refractivity contribution >= 4 is 41.9 Å². The van der Waals surface area contributed by atoms with Crippen molar-refractivity contribution in [2.45, 2.75) is 55.7 Å². The highest BCUT2D eigenvalue weighted by Crippen LogP contribution is 2.36. The van der Waals surface area contributed by atoms with Crippen LogP contribution in [-0.2, 0) is 14.1 Å². The molecule has 0 bridgehead atoms. The topological polar surface area (TPSA) is 64.5 Å². The molecule has 1 amide bonds. The number of likely N-dealkylation sites (tertiary alicyclic amines) is 1. The van der Waals surface area contributed by atoms with Crippen molar-refractivity contribution in [1.29, 1.82) is 0 Å². The van der Waals surface area contributed by atoms with Gasteiger partial charge in [0.15, 0.2) is 5.16 Å². The minimum absolute atomic E-state index is 0.0122. The second-order valence-corrected chi connectivity index (χ2v) is 8.92. The molecule has 2 saturated heterocycles. The van der Waals surface area contributed by atoms with E-state index >= 15 is 0 Å². The van der Waals surface area contributed by atoms with Crippen molar-refractivity contribution in [2.75, 3.05) is 19.0 Å². The maximum Gasteiger partial charge on any atom is 0.498 e. The van der Waals surface area contributed by atoms with Gasteiger partial charge >= 0.3 is 7.12 Å². The standard InChI is InChI=1S/C16H23BClN3O3S/c1-15(2)16(3,4)24-17(23-15)11-8-19-14(20-9-11)25-12-5-6-21(10-12)13(22)7-18/h8-9,12H,5-7,10H2,1-4H3/t12-/m1/s1. The Kier molecular flexibility index (Phi) is 5.35. The summed E-state index contributed by atoms with van der Waals surface area (Å²) in [7, 11) is -0.452. The molecule has 3 heterocycles. The van der Waals surface area contributed by atoms with Gasteiger partial charge in [0, 0.05) is 36.2 Å². The molecule has 0 unspecified atom stereocenters. The van der Waals surface area contributed by atoms with Gasteiger partial charge in [-0.15, -0.1) is 11.6 Å². The van der Waals surface area contributed by atoms with Gasteiger partial charge in [-0.3, -0.25) is 4.79 Å². The summed E-state index contributed by atoms with van der Waals surface area (Å²) in [6, 6.07) is 0. The third-order valence-corrected chi connectivity index (χ3v) is 6.43. The Balaban J connectivity index is 1.60. The molecule has 1 atom stereocenters. The van der Waals surface area contributed by atoms with Gasteiger partial charge in [-0.05, 0) is 34.1 Å². The number of aromatic nitrogens is 2. The normalized spacial score (nSPS) is 24.8. The molecule has 2 aliphatic rings. The van der Waals surface area contributed by atoms with Crippen molar-refractivity contribution in [3.8, 4) is 0 Å². The minimum Gasteiger partial charge on any atom is -0.399 e. The highest BCUT2D eigenvalue weighted by molar-refractivity contribution is 7.99. The van der Waals surface area contributed by atoms with E-state index in [1.807, 2.05) is 27.7 Å². The molecule has 2 aliphatic heterocycles. The van der Waals surface area contributed by atoms with Crippen LogP contribution in [0.1, 0.15) is 34.1 Å². The SMILES string of the molecule is CC1(C)OB(c2cnc(S[C@@H]3CCN(C(=O)CCl)C3)nc2)OC1(C)C. The second kappa shape index (κ2) is 7.06. The van der Waals surface area contributed by atoms with E-state index in [2.05, 4.69) is 9.97 Å². The van der Waals surface area contributed by atoms with Crippen LogP contribution in [0.15, 0.2) is 17.6 Å². The van der Waals surface area contributed by atoms with Crippen LogP contribution >= 0.6 is 23.4 Å². The van der Waals surface area contributed by atoms with Crippen LogP contribution in [-0.4, -0.2) is 63.3 Å². The Hall–Kier alpha value is -0.825. The maximum absolute atomic E-state index is 11.6. The van der Waals surface area contributed by atoms with Gasteiger partial charge in [-0.2, -0.15) is 0 Å². The van der Waals surface area contributed by atoms with Crippen LogP contribution in [0, 0.1) is 0 Å². The number of halogens is 1. The summed E-state index contributed by atoms with van der Waals surface area (Å²) in [5.74, 6) is 0.0261. The largest absolute Gasteiger partial charge is 0.498 e. The molecule has 0 aliphatic carbocycles. The summed E-state index contributed by atoms with van der Waals surface area (Å²) in [6.45, 7) is 9.52.